The number of benzene rings is 1. The average molecular weight is 384 g/mol. The monoisotopic (exact) mass is 384 g/mol. The number of methoxy groups -OCH3 is 2. The van der Waals surface area contributed by atoms with Gasteiger partial charge in [-0.2, -0.15) is 5.10 Å². The van der Waals surface area contributed by atoms with Gasteiger partial charge < -0.3 is 20.1 Å². The van der Waals surface area contributed by atoms with Crippen LogP contribution in [0.1, 0.15) is 23.7 Å². The van der Waals surface area contributed by atoms with Crippen LogP contribution in [0.15, 0.2) is 30.7 Å². The molecule has 2 aromatic heterocycles. The number of rotatable bonds is 9. The third-order valence-corrected chi connectivity index (χ3v) is 4.23. The average Bonchev–Trinajstić information content (AvgIpc) is 3.15. The molecule has 0 aliphatic heterocycles. The van der Waals surface area contributed by atoms with Crippen molar-refractivity contribution < 1.29 is 14.3 Å². The molecule has 2 N–H and O–H groups in total. The highest BCUT2D eigenvalue weighted by molar-refractivity contribution is 5.97. The Morgan fingerprint density at radius 2 is 2.04 bits per heavy atom. The van der Waals surface area contributed by atoms with Gasteiger partial charge in [-0.05, 0) is 18.6 Å². The Kier molecular flexibility index (Phi) is 6.25. The number of carbonyl (C=O) groups is 1. The summed E-state index contributed by atoms with van der Waals surface area (Å²) in [5, 5.41) is 11.4. The first kappa shape index (κ1) is 19.4. The van der Waals surface area contributed by atoms with Gasteiger partial charge in [0, 0.05) is 13.1 Å². The minimum absolute atomic E-state index is 0.243. The van der Waals surface area contributed by atoms with Gasteiger partial charge in [0.05, 0.1) is 37.9 Å². The van der Waals surface area contributed by atoms with E-state index in [2.05, 4.69) is 32.6 Å². The van der Waals surface area contributed by atoms with Gasteiger partial charge in [-0.3, -0.25) is 4.79 Å². The highest BCUT2D eigenvalue weighted by Crippen LogP contribution is 2.30. The Balaban J connectivity index is 1.68. The Labute approximate surface area is 163 Å². The number of carbonyl (C=O) groups excluding carboxylic acids is 1. The molecule has 2 heterocycles. The van der Waals surface area contributed by atoms with Crippen LogP contribution in [-0.2, 0) is 6.54 Å². The van der Waals surface area contributed by atoms with E-state index < -0.39 is 0 Å². The number of para-hydroxylation sites is 1. The summed E-state index contributed by atoms with van der Waals surface area (Å²) in [5.74, 6) is 1.44. The summed E-state index contributed by atoms with van der Waals surface area (Å²) in [5.41, 5.74) is 1.14. The van der Waals surface area contributed by atoms with Crippen LogP contribution in [0.3, 0.4) is 0 Å². The first-order valence-corrected chi connectivity index (χ1v) is 9.09. The van der Waals surface area contributed by atoms with Gasteiger partial charge in [0.2, 0.25) is 0 Å². The van der Waals surface area contributed by atoms with Crippen molar-refractivity contribution in [3.63, 3.8) is 0 Å². The van der Waals surface area contributed by atoms with Crippen LogP contribution in [0.4, 0.5) is 5.82 Å². The molecule has 1 aromatic carbocycles. The smallest absolute Gasteiger partial charge is 0.255 e. The Bertz CT molecular complexity index is 956. The van der Waals surface area contributed by atoms with Crippen LogP contribution < -0.4 is 20.1 Å². The van der Waals surface area contributed by atoms with Gasteiger partial charge in [0.25, 0.3) is 5.91 Å². The minimum Gasteiger partial charge on any atom is -0.493 e. The molecule has 148 valence electrons. The molecular formula is C19H24N6O3. The van der Waals surface area contributed by atoms with Crippen molar-refractivity contribution in [2.75, 3.05) is 32.6 Å². The predicted octanol–water partition coefficient (Wildman–Crippen LogP) is 2.10. The van der Waals surface area contributed by atoms with Gasteiger partial charge in [-0.25, -0.2) is 14.6 Å². The van der Waals surface area contributed by atoms with Crippen molar-refractivity contribution in [1.82, 2.24) is 25.1 Å². The summed E-state index contributed by atoms with van der Waals surface area (Å²) >= 11 is 0. The summed E-state index contributed by atoms with van der Waals surface area (Å²) in [4.78, 5) is 21.1. The molecule has 0 atom stereocenters. The van der Waals surface area contributed by atoms with E-state index in [1.54, 1.807) is 29.1 Å². The molecule has 0 radical (unpaired) electrons. The summed E-state index contributed by atoms with van der Waals surface area (Å²) in [6.07, 6.45) is 4.25. The molecule has 0 saturated heterocycles. The predicted molar refractivity (Wildman–Crippen MR) is 106 cm³/mol. The van der Waals surface area contributed by atoms with Gasteiger partial charge >= 0.3 is 0 Å². The Hall–Kier alpha value is -3.36. The van der Waals surface area contributed by atoms with Crippen molar-refractivity contribution in [2.24, 2.45) is 0 Å². The van der Waals surface area contributed by atoms with E-state index in [0.29, 0.717) is 30.2 Å². The van der Waals surface area contributed by atoms with Crippen molar-refractivity contribution in [3.8, 4) is 11.5 Å². The lowest BCUT2D eigenvalue weighted by molar-refractivity contribution is 0.0948. The van der Waals surface area contributed by atoms with Crippen LogP contribution >= 0.6 is 0 Å². The topological polar surface area (TPSA) is 103 Å². The summed E-state index contributed by atoms with van der Waals surface area (Å²) < 4.78 is 12.3. The summed E-state index contributed by atoms with van der Waals surface area (Å²) in [6.45, 7) is 3.79. The third kappa shape index (κ3) is 3.98. The molecule has 9 heteroatoms. The molecule has 28 heavy (non-hydrogen) atoms. The highest BCUT2D eigenvalue weighted by atomic mass is 16.5. The number of fused-ring (bicyclic) bond motifs is 1. The first-order valence-electron chi connectivity index (χ1n) is 9.09. The number of anilines is 1. The lowest BCUT2D eigenvalue weighted by atomic mass is 10.1. The molecule has 0 saturated carbocycles. The van der Waals surface area contributed by atoms with Gasteiger partial charge in [-0.1, -0.05) is 13.0 Å². The lowest BCUT2D eigenvalue weighted by Crippen LogP contribution is -2.28. The molecule has 0 spiro atoms. The van der Waals surface area contributed by atoms with E-state index in [9.17, 15) is 4.79 Å². The minimum atomic E-state index is -0.243. The Morgan fingerprint density at radius 3 is 2.79 bits per heavy atom. The second-order valence-corrected chi connectivity index (χ2v) is 6.05. The van der Waals surface area contributed by atoms with Crippen LogP contribution in [0.5, 0.6) is 11.5 Å². The number of hydrogen-bond acceptors (Lipinski definition) is 7. The maximum absolute atomic E-state index is 12.5. The molecule has 9 nitrogen and oxygen atoms in total. The van der Waals surface area contributed by atoms with Gasteiger partial charge in [0.15, 0.2) is 17.1 Å². The van der Waals surface area contributed by atoms with E-state index in [4.69, 9.17) is 9.47 Å². The van der Waals surface area contributed by atoms with E-state index in [1.165, 1.54) is 20.5 Å². The highest BCUT2D eigenvalue weighted by Gasteiger charge is 2.16. The van der Waals surface area contributed by atoms with Crippen molar-refractivity contribution in [2.45, 2.75) is 19.9 Å². The number of ether oxygens (including phenoxy) is 2. The maximum atomic E-state index is 12.5. The molecule has 0 unspecified atom stereocenters. The molecule has 0 fully saturated rings. The Morgan fingerprint density at radius 1 is 1.18 bits per heavy atom. The molecule has 0 aliphatic carbocycles. The van der Waals surface area contributed by atoms with Crippen LogP contribution in [-0.4, -0.2) is 53.0 Å². The fourth-order valence-corrected chi connectivity index (χ4v) is 2.88. The van der Waals surface area contributed by atoms with E-state index in [-0.39, 0.29) is 5.91 Å². The number of hydrogen-bond donors (Lipinski definition) is 2. The second-order valence-electron chi connectivity index (χ2n) is 6.05. The normalized spacial score (nSPS) is 10.7. The molecule has 1 amide bonds. The fraction of sp³-hybridized carbons (Fsp3) is 0.368. The van der Waals surface area contributed by atoms with E-state index in [1.807, 2.05) is 0 Å². The van der Waals surface area contributed by atoms with E-state index in [0.717, 1.165) is 29.8 Å². The SMILES string of the molecule is CCCNc1ncnc2c1cnn2CCNC(=O)c1cccc(OC)c1OC. The molecular weight excluding hydrogens is 360 g/mol. The standard InChI is InChI=1S/C19H24N6O3/c1-4-8-20-17-14-11-24-25(18(14)23-12-22-17)10-9-21-19(26)13-6-5-7-15(27-2)16(13)28-3/h5-7,11-12H,4,8-10H2,1-3H3,(H,21,26)(H,20,22,23). The lowest BCUT2D eigenvalue weighted by Gasteiger charge is -2.12. The van der Waals surface area contributed by atoms with Crippen LogP contribution in [0.2, 0.25) is 0 Å². The maximum Gasteiger partial charge on any atom is 0.255 e. The third-order valence-electron chi connectivity index (χ3n) is 4.23. The number of amides is 1. The second kappa shape index (κ2) is 9.03. The summed E-state index contributed by atoms with van der Waals surface area (Å²) in [7, 11) is 3.04. The van der Waals surface area contributed by atoms with E-state index >= 15 is 0 Å². The number of nitrogens with zero attached hydrogens (tertiary/aromatic N) is 4. The van der Waals surface area contributed by atoms with Gasteiger partial charge in [-0.15, -0.1) is 0 Å². The molecule has 3 rings (SSSR count). The van der Waals surface area contributed by atoms with Crippen molar-refractivity contribution in [3.05, 3.63) is 36.3 Å². The number of aromatic nitrogens is 4. The van der Waals surface area contributed by atoms with Gasteiger partial charge in [0.1, 0.15) is 12.1 Å². The summed E-state index contributed by atoms with van der Waals surface area (Å²) in [6, 6.07) is 5.19. The van der Waals surface area contributed by atoms with Crippen LogP contribution in [0.25, 0.3) is 11.0 Å². The fourth-order valence-electron chi connectivity index (χ4n) is 2.88. The largest absolute Gasteiger partial charge is 0.493 e. The van der Waals surface area contributed by atoms with Crippen molar-refractivity contribution >= 4 is 22.8 Å². The quantitative estimate of drug-likeness (QED) is 0.582. The zero-order valence-corrected chi connectivity index (χ0v) is 16.2. The number of nitrogens with one attached hydrogen (secondary N) is 2. The molecule has 0 bridgehead atoms. The zero-order valence-electron chi connectivity index (χ0n) is 16.2. The van der Waals surface area contributed by atoms with Crippen LogP contribution in [0, 0.1) is 0 Å². The first-order chi connectivity index (χ1) is 13.7. The molecule has 0 aliphatic rings. The molecule has 3 aromatic rings. The zero-order chi connectivity index (χ0) is 19.9. The van der Waals surface area contributed by atoms with Crippen molar-refractivity contribution in [1.29, 1.82) is 0 Å².